The smallest absolute Gasteiger partial charge is 0.281 e. The highest BCUT2D eigenvalue weighted by Gasteiger charge is 2.30. The molecule has 0 saturated carbocycles. The third-order valence-corrected chi connectivity index (χ3v) is 5.07. The molecule has 0 N–H and O–H groups in total. The average molecular weight is 284 g/mol. The number of hydrogen-bond donors (Lipinski definition) is 0. The van der Waals surface area contributed by atoms with Gasteiger partial charge in [-0.05, 0) is 6.92 Å². The molecule has 1 aliphatic heterocycles. The molecule has 0 bridgehead atoms. The quantitative estimate of drug-likeness (QED) is 0.643. The molecular weight excluding hydrogens is 264 g/mol. The first-order valence-corrected chi connectivity index (χ1v) is 7.58. The van der Waals surface area contributed by atoms with Crippen molar-refractivity contribution in [2.24, 2.45) is 5.92 Å². The number of nitrogens with zero attached hydrogens (tertiary/aromatic N) is 4. The molecule has 1 aliphatic rings. The lowest BCUT2D eigenvalue weighted by Crippen LogP contribution is -2.52. The van der Waals surface area contributed by atoms with Crippen molar-refractivity contribution >= 4 is 10.2 Å². The molecule has 0 aliphatic carbocycles. The molecule has 1 atom stereocenters. The first-order valence-electron chi connectivity index (χ1n) is 6.18. The van der Waals surface area contributed by atoms with Crippen LogP contribution in [0.2, 0.25) is 0 Å². The van der Waals surface area contributed by atoms with Crippen molar-refractivity contribution in [1.82, 2.24) is 13.5 Å². The summed E-state index contributed by atoms with van der Waals surface area (Å²) in [6.45, 7) is 4.64. The van der Waals surface area contributed by atoms with Gasteiger partial charge in [0.05, 0.1) is 18.5 Å². The lowest BCUT2D eigenvalue weighted by Gasteiger charge is -2.35. The van der Waals surface area contributed by atoms with E-state index in [0.29, 0.717) is 32.7 Å². The van der Waals surface area contributed by atoms with Crippen molar-refractivity contribution in [3.05, 3.63) is 0 Å². The van der Waals surface area contributed by atoms with E-state index in [0.717, 1.165) is 0 Å². The molecule has 0 radical (unpaired) electrons. The summed E-state index contributed by atoms with van der Waals surface area (Å²) in [5.74, 6) is 2.24. The van der Waals surface area contributed by atoms with Gasteiger partial charge >= 0.3 is 0 Å². The van der Waals surface area contributed by atoms with E-state index < -0.39 is 10.2 Å². The van der Waals surface area contributed by atoms with Crippen LogP contribution in [-0.4, -0.2) is 68.2 Å². The van der Waals surface area contributed by atoms with Crippen molar-refractivity contribution in [3.8, 4) is 18.4 Å². The Balaban J connectivity index is 2.60. The molecule has 7 heteroatoms. The van der Waals surface area contributed by atoms with Crippen LogP contribution < -0.4 is 0 Å². The zero-order valence-electron chi connectivity index (χ0n) is 11.4. The lowest BCUT2D eigenvalue weighted by atomic mass is 10.2. The SMILES string of the molecule is C#CCN1CCN(S(=O)(=O)N(C)C[C@@H](C)C#N)CC1. The second-order valence-electron chi connectivity index (χ2n) is 4.70. The van der Waals surface area contributed by atoms with Gasteiger partial charge < -0.3 is 0 Å². The summed E-state index contributed by atoms with van der Waals surface area (Å²) >= 11 is 0. The Morgan fingerprint density at radius 1 is 1.37 bits per heavy atom. The van der Waals surface area contributed by atoms with Gasteiger partial charge in [-0.3, -0.25) is 4.90 Å². The molecule has 1 fully saturated rings. The topological polar surface area (TPSA) is 67.7 Å². The number of nitriles is 1. The monoisotopic (exact) mass is 284 g/mol. The van der Waals surface area contributed by atoms with Crippen LogP contribution in [0.5, 0.6) is 0 Å². The maximum absolute atomic E-state index is 12.3. The second-order valence-corrected chi connectivity index (χ2v) is 6.73. The summed E-state index contributed by atoms with van der Waals surface area (Å²) in [4.78, 5) is 2.05. The van der Waals surface area contributed by atoms with Crippen LogP contribution in [0.4, 0.5) is 0 Å². The summed E-state index contributed by atoms with van der Waals surface area (Å²) in [5, 5.41) is 8.74. The number of rotatable bonds is 5. The van der Waals surface area contributed by atoms with Crippen LogP contribution in [0.3, 0.4) is 0 Å². The first kappa shape index (κ1) is 15.9. The van der Waals surface area contributed by atoms with E-state index in [4.69, 9.17) is 11.7 Å². The van der Waals surface area contributed by atoms with Gasteiger partial charge in [0.1, 0.15) is 0 Å². The minimum atomic E-state index is -3.47. The normalized spacial score (nSPS) is 19.8. The largest absolute Gasteiger partial charge is 0.290 e. The molecule has 0 aromatic heterocycles. The minimum Gasteiger partial charge on any atom is -0.290 e. The Morgan fingerprint density at radius 2 is 1.95 bits per heavy atom. The highest BCUT2D eigenvalue weighted by molar-refractivity contribution is 7.86. The Labute approximate surface area is 115 Å². The molecule has 1 rings (SSSR count). The maximum Gasteiger partial charge on any atom is 0.281 e. The first-order chi connectivity index (χ1) is 8.91. The molecule has 19 heavy (non-hydrogen) atoms. The van der Waals surface area contributed by atoms with Gasteiger partial charge in [-0.2, -0.15) is 22.3 Å². The highest BCUT2D eigenvalue weighted by atomic mass is 32.2. The average Bonchev–Trinajstić information content (AvgIpc) is 2.39. The minimum absolute atomic E-state index is 0.212. The van der Waals surface area contributed by atoms with Gasteiger partial charge in [0.15, 0.2) is 0 Å². The highest BCUT2D eigenvalue weighted by Crippen LogP contribution is 2.12. The summed E-state index contributed by atoms with van der Waals surface area (Å²) in [7, 11) is -1.96. The van der Waals surface area contributed by atoms with Crippen LogP contribution in [-0.2, 0) is 10.2 Å². The molecule has 0 aromatic rings. The van der Waals surface area contributed by atoms with Crippen molar-refractivity contribution in [2.45, 2.75) is 6.92 Å². The van der Waals surface area contributed by atoms with Crippen LogP contribution in [0.1, 0.15) is 6.92 Å². The fourth-order valence-electron chi connectivity index (χ4n) is 1.97. The lowest BCUT2D eigenvalue weighted by molar-refractivity contribution is 0.199. The molecule has 1 heterocycles. The third-order valence-electron chi connectivity index (χ3n) is 3.12. The van der Waals surface area contributed by atoms with E-state index >= 15 is 0 Å². The standard InChI is InChI=1S/C12H20N4O2S/c1-4-5-15-6-8-16(9-7-15)19(17,18)14(3)11-12(2)10-13/h1,12H,5-9,11H2,2-3H3/t12-/m0/s1. The predicted octanol–water partition coefficient (Wildman–Crippen LogP) is -0.427. The summed E-state index contributed by atoms with van der Waals surface area (Å²) in [6.07, 6.45) is 5.24. The number of hydrogen-bond acceptors (Lipinski definition) is 4. The Hall–Kier alpha value is -1.12. The Morgan fingerprint density at radius 3 is 2.42 bits per heavy atom. The third kappa shape index (κ3) is 4.19. The van der Waals surface area contributed by atoms with Crippen molar-refractivity contribution in [1.29, 1.82) is 5.26 Å². The van der Waals surface area contributed by atoms with E-state index in [1.165, 1.54) is 15.7 Å². The fraction of sp³-hybridized carbons (Fsp3) is 0.750. The van der Waals surface area contributed by atoms with Gasteiger partial charge in [0, 0.05) is 39.8 Å². The van der Waals surface area contributed by atoms with E-state index in [9.17, 15) is 8.42 Å². The van der Waals surface area contributed by atoms with Crippen LogP contribution >= 0.6 is 0 Å². The van der Waals surface area contributed by atoms with E-state index in [-0.39, 0.29) is 12.5 Å². The molecule has 106 valence electrons. The Bertz CT molecular complexity index is 469. The molecule has 0 unspecified atom stereocenters. The van der Waals surface area contributed by atoms with E-state index in [2.05, 4.69) is 5.92 Å². The summed E-state index contributed by atoms with van der Waals surface area (Å²) in [6, 6.07) is 2.04. The molecule has 0 aromatic carbocycles. The van der Waals surface area contributed by atoms with Crippen molar-refractivity contribution < 1.29 is 8.42 Å². The van der Waals surface area contributed by atoms with Gasteiger partial charge in [-0.15, -0.1) is 6.42 Å². The molecule has 0 amide bonds. The number of piperazine rings is 1. The van der Waals surface area contributed by atoms with Gasteiger partial charge in [0.25, 0.3) is 10.2 Å². The molecule has 1 saturated heterocycles. The molecule has 0 spiro atoms. The molecule has 6 nitrogen and oxygen atoms in total. The van der Waals surface area contributed by atoms with Crippen LogP contribution in [0.15, 0.2) is 0 Å². The predicted molar refractivity (Wildman–Crippen MR) is 73.2 cm³/mol. The summed E-state index contributed by atoms with van der Waals surface area (Å²) < 4.78 is 27.3. The zero-order valence-corrected chi connectivity index (χ0v) is 12.2. The number of terminal acetylenes is 1. The van der Waals surface area contributed by atoms with Gasteiger partial charge in [0.2, 0.25) is 0 Å². The van der Waals surface area contributed by atoms with Crippen LogP contribution in [0, 0.1) is 29.6 Å². The van der Waals surface area contributed by atoms with E-state index in [1.807, 2.05) is 11.0 Å². The van der Waals surface area contributed by atoms with Gasteiger partial charge in [-0.25, -0.2) is 0 Å². The van der Waals surface area contributed by atoms with Crippen molar-refractivity contribution in [3.63, 3.8) is 0 Å². The second kappa shape index (κ2) is 6.88. The van der Waals surface area contributed by atoms with Crippen molar-refractivity contribution in [2.75, 3.05) is 46.3 Å². The molecular formula is C12H20N4O2S. The van der Waals surface area contributed by atoms with E-state index in [1.54, 1.807) is 6.92 Å². The van der Waals surface area contributed by atoms with Gasteiger partial charge in [-0.1, -0.05) is 5.92 Å². The zero-order chi connectivity index (χ0) is 14.5. The fourth-order valence-corrected chi connectivity index (χ4v) is 3.40. The maximum atomic E-state index is 12.3. The summed E-state index contributed by atoms with van der Waals surface area (Å²) in [5.41, 5.74) is 0. The van der Waals surface area contributed by atoms with Crippen LogP contribution in [0.25, 0.3) is 0 Å². The Kier molecular flexibility index (Phi) is 5.77.